The van der Waals surface area contributed by atoms with E-state index in [2.05, 4.69) is 15.6 Å². The molecule has 0 amide bonds. The van der Waals surface area contributed by atoms with E-state index >= 15 is 0 Å². The Hall–Kier alpha value is -1.02. The zero-order valence-electron chi connectivity index (χ0n) is 9.59. The summed E-state index contributed by atoms with van der Waals surface area (Å²) >= 11 is 0. The third-order valence-electron chi connectivity index (χ3n) is 2.06. The van der Waals surface area contributed by atoms with Crippen molar-refractivity contribution in [3.8, 4) is 0 Å². The van der Waals surface area contributed by atoms with Gasteiger partial charge in [0.2, 0.25) is 0 Å². The summed E-state index contributed by atoms with van der Waals surface area (Å²) in [7, 11) is 3.18. The molecule has 0 atom stereocenters. The Morgan fingerprint density at radius 1 is 1.50 bits per heavy atom. The highest BCUT2D eigenvalue weighted by molar-refractivity contribution is 4.91. The molecule has 7 nitrogen and oxygen atoms in total. The van der Waals surface area contributed by atoms with Gasteiger partial charge in [0.25, 0.3) is 0 Å². The average Bonchev–Trinajstić information content (AvgIpc) is 2.73. The molecule has 0 bridgehead atoms. The van der Waals surface area contributed by atoms with Crippen LogP contribution in [0.15, 0.2) is 6.20 Å². The number of methoxy groups -OCH3 is 2. The van der Waals surface area contributed by atoms with E-state index in [1.165, 1.54) is 0 Å². The van der Waals surface area contributed by atoms with E-state index in [0.717, 1.165) is 5.69 Å². The monoisotopic (exact) mass is 230 g/mol. The molecule has 0 radical (unpaired) electrons. The number of hydrogen-bond acceptors (Lipinski definition) is 6. The third kappa shape index (κ3) is 4.23. The summed E-state index contributed by atoms with van der Waals surface area (Å²) in [5.41, 5.74) is 0.819. The maximum atomic E-state index is 8.70. The number of hydrogen-bond donors (Lipinski definition) is 2. The van der Waals surface area contributed by atoms with Gasteiger partial charge in [-0.3, -0.25) is 0 Å². The second kappa shape index (κ2) is 7.29. The van der Waals surface area contributed by atoms with Gasteiger partial charge in [-0.15, -0.1) is 5.10 Å². The number of rotatable bonds is 8. The minimum atomic E-state index is -0.257. The number of aliphatic hydroxyl groups excluding tert-OH is 1. The van der Waals surface area contributed by atoms with E-state index in [1.54, 1.807) is 25.1 Å². The number of nitrogens with zero attached hydrogens (tertiary/aromatic N) is 3. The van der Waals surface area contributed by atoms with Crippen molar-refractivity contribution in [3.05, 3.63) is 11.9 Å². The van der Waals surface area contributed by atoms with Crippen LogP contribution in [0.3, 0.4) is 0 Å². The van der Waals surface area contributed by atoms with Crippen molar-refractivity contribution in [2.45, 2.75) is 19.4 Å². The molecular formula is C9H18N4O3. The summed E-state index contributed by atoms with van der Waals surface area (Å²) in [6.07, 6.45) is 1.53. The summed E-state index contributed by atoms with van der Waals surface area (Å²) < 4.78 is 11.6. The number of nitrogens with one attached hydrogen (secondary N) is 1. The molecule has 0 unspecified atom stereocenters. The molecule has 1 aromatic rings. The molecule has 16 heavy (non-hydrogen) atoms. The van der Waals surface area contributed by atoms with E-state index in [9.17, 15) is 0 Å². The van der Waals surface area contributed by atoms with Gasteiger partial charge in [-0.25, -0.2) is 4.68 Å². The zero-order chi connectivity index (χ0) is 11.8. The van der Waals surface area contributed by atoms with Gasteiger partial charge in [-0.05, 0) is 0 Å². The number of ether oxygens (including phenoxy) is 2. The predicted octanol–water partition coefficient (Wildman–Crippen LogP) is -1.02. The van der Waals surface area contributed by atoms with Crippen LogP contribution in [0.2, 0.25) is 0 Å². The van der Waals surface area contributed by atoms with Crippen molar-refractivity contribution in [1.82, 2.24) is 20.3 Å². The summed E-state index contributed by atoms with van der Waals surface area (Å²) in [4.78, 5) is 0. The van der Waals surface area contributed by atoms with Crippen molar-refractivity contribution in [2.24, 2.45) is 0 Å². The Kier molecular flexibility index (Phi) is 5.94. The second-order valence-electron chi connectivity index (χ2n) is 3.23. The molecule has 0 saturated heterocycles. The maximum Gasteiger partial charge on any atom is 0.169 e. The lowest BCUT2D eigenvalue weighted by molar-refractivity contribution is -0.0989. The molecule has 1 heterocycles. The normalized spacial score (nSPS) is 11.2. The first-order chi connectivity index (χ1) is 7.80. The number of aromatic nitrogens is 3. The topological polar surface area (TPSA) is 81.4 Å². The summed E-state index contributed by atoms with van der Waals surface area (Å²) in [5.74, 6) is 0. The van der Waals surface area contributed by atoms with Gasteiger partial charge in [-0.2, -0.15) is 0 Å². The molecular weight excluding hydrogens is 212 g/mol. The lowest BCUT2D eigenvalue weighted by Gasteiger charge is -2.13. The lowest BCUT2D eigenvalue weighted by Crippen LogP contribution is -2.29. The SMILES string of the molecule is COC(CNCc1cn(CCO)nn1)OC. The van der Waals surface area contributed by atoms with Crippen LogP contribution >= 0.6 is 0 Å². The summed E-state index contributed by atoms with van der Waals surface area (Å²) in [6.45, 7) is 1.70. The van der Waals surface area contributed by atoms with E-state index in [0.29, 0.717) is 19.6 Å². The zero-order valence-corrected chi connectivity index (χ0v) is 9.59. The second-order valence-corrected chi connectivity index (χ2v) is 3.23. The highest BCUT2D eigenvalue weighted by Crippen LogP contribution is 1.93. The summed E-state index contributed by atoms with van der Waals surface area (Å²) in [5, 5.41) is 19.6. The van der Waals surface area contributed by atoms with E-state index < -0.39 is 0 Å². The van der Waals surface area contributed by atoms with Crippen LogP contribution in [0.25, 0.3) is 0 Å². The van der Waals surface area contributed by atoms with Crippen molar-refractivity contribution < 1.29 is 14.6 Å². The summed E-state index contributed by atoms with van der Waals surface area (Å²) in [6, 6.07) is 0. The van der Waals surface area contributed by atoms with Crippen molar-refractivity contribution in [2.75, 3.05) is 27.4 Å². The molecule has 1 rings (SSSR count). The molecule has 7 heteroatoms. The van der Waals surface area contributed by atoms with Crippen molar-refractivity contribution in [1.29, 1.82) is 0 Å². The van der Waals surface area contributed by atoms with E-state index in [4.69, 9.17) is 14.6 Å². The van der Waals surface area contributed by atoms with Gasteiger partial charge in [0, 0.05) is 33.5 Å². The predicted molar refractivity (Wildman–Crippen MR) is 56.6 cm³/mol. The fourth-order valence-electron chi connectivity index (χ4n) is 1.21. The van der Waals surface area contributed by atoms with Gasteiger partial charge in [0.05, 0.1) is 18.8 Å². The van der Waals surface area contributed by atoms with E-state index in [1.807, 2.05) is 0 Å². The van der Waals surface area contributed by atoms with Crippen LogP contribution in [-0.4, -0.2) is 53.8 Å². The molecule has 0 aliphatic heterocycles. The smallest absolute Gasteiger partial charge is 0.169 e. The Bertz CT molecular complexity index is 288. The average molecular weight is 230 g/mol. The first-order valence-electron chi connectivity index (χ1n) is 5.06. The Balaban J connectivity index is 2.25. The Morgan fingerprint density at radius 3 is 2.88 bits per heavy atom. The van der Waals surface area contributed by atoms with Crippen molar-refractivity contribution in [3.63, 3.8) is 0 Å². The first kappa shape index (κ1) is 13.0. The van der Waals surface area contributed by atoms with Crippen LogP contribution in [0.5, 0.6) is 0 Å². The van der Waals surface area contributed by atoms with E-state index in [-0.39, 0.29) is 12.9 Å². The first-order valence-corrected chi connectivity index (χ1v) is 5.06. The fourth-order valence-corrected chi connectivity index (χ4v) is 1.21. The minimum Gasteiger partial charge on any atom is -0.394 e. The standard InChI is InChI=1S/C9H18N4O3/c1-15-9(16-2)6-10-5-8-7-13(3-4-14)12-11-8/h7,9-10,14H,3-6H2,1-2H3. The molecule has 1 aromatic heterocycles. The van der Waals surface area contributed by atoms with Crippen molar-refractivity contribution >= 4 is 0 Å². The highest BCUT2D eigenvalue weighted by atomic mass is 16.7. The minimum absolute atomic E-state index is 0.0612. The Labute approximate surface area is 94.4 Å². The molecule has 0 aliphatic carbocycles. The largest absolute Gasteiger partial charge is 0.394 e. The van der Waals surface area contributed by atoms with Crippen LogP contribution in [0.4, 0.5) is 0 Å². The van der Waals surface area contributed by atoms with Gasteiger partial charge in [0.1, 0.15) is 0 Å². The van der Waals surface area contributed by atoms with Crippen LogP contribution in [-0.2, 0) is 22.6 Å². The van der Waals surface area contributed by atoms with Gasteiger partial charge in [0.15, 0.2) is 6.29 Å². The molecule has 0 fully saturated rings. The van der Waals surface area contributed by atoms with Crippen LogP contribution < -0.4 is 5.32 Å². The third-order valence-corrected chi connectivity index (χ3v) is 2.06. The Morgan fingerprint density at radius 2 is 2.25 bits per heavy atom. The fraction of sp³-hybridized carbons (Fsp3) is 0.778. The highest BCUT2D eigenvalue weighted by Gasteiger charge is 2.05. The maximum absolute atomic E-state index is 8.70. The molecule has 2 N–H and O–H groups in total. The lowest BCUT2D eigenvalue weighted by atomic mass is 10.4. The van der Waals surface area contributed by atoms with Crippen LogP contribution in [0, 0.1) is 0 Å². The number of aliphatic hydroxyl groups is 1. The van der Waals surface area contributed by atoms with Gasteiger partial charge in [-0.1, -0.05) is 5.21 Å². The van der Waals surface area contributed by atoms with Crippen LogP contribution in [0.1, 0.15) is 5.69 Å². The molecule has 0 aliphatic rings. The molecule has 0 aromatic carbocycles. The molecule has 0 saturated carbocycles. The quantitative estimate of drug-likeness (QED) is 0.556. The van der Waals surface area contributed by atoms with Gasteiger partial charge < -0.3 is 19.9 Å². The molecule has 0 spiro atoms. The molecule has 92 valence electrons. The van der Waals surface area contributed by atoms with Gasteiger partial charge >= 0.3 is 0 Å².